The number of thioether (sulfide) groups is 2. The largest absolute Gasteiger partial charge is 0.461 e. The van der Waals surface area contributed by atoms with Crippen LogP contribution >= 0.6 is 34.9 Å². The van der Waals surface area contributed by atoms with Crippen molar-refractivity contribution in [2.24, 2.45) is 5.16 Å². The molecule has 1 aromatic heterocycles. The lowest BCUT2D eigenvalue weighted by Gasteiger charge is -2.49. The summed E-state index contributed by atoms with van der Waals surface area (Å²) in [5.74, 6) is -2.17. The van der Waals surface area contributed by atoms with Gasteiger partial charge in [0.05, 0.1) is 0 Å². The minimum Gasteiger partial charge on any atom is -0.461 e. The number of carbonyl (C=O) groups is 4. The minimum absolute atomic E-state index is 0.0202. The molecule has 0 radical (unpaired) electrons. The van der Waals surface area contributed by atoms with Crippen molar-refractivity contribution in [1.82, 2.24) is 15.2 Å². The number of nitrogens with one attached hydrogen (secondary N) is 2. The number of nitriles is 1. The van der Waals surface area contributed by atoms with Gasteiger partial charge in [-0.25, -0.2) is 9.78 Å². The molecular weight excluding hydrogens is 893 g/mol. The molecule has 6 aromatic rings. The summed E-state index contributed by atoms with van der Waals surface area (Å²) < 4.78 is 11.5. The van der Waals surface area contributed by atoms with Crippen LogP contribution in [0.25, 0.3) is 0 Å². The normalized spacial score (nSPS) is 15.8. The Bertz CT molecular complexity index is 2630. The third-order valence-corrected chi connectivity index (χ3v) is 13.4. The van der Waals surface area contributed by atoms with Gasteiger partial charge in [0.25, 0.3) is 11.8 Å². The average molecular weight is 935 g/mol. The van der Waals surface area contributed by atoms with Crippen LogP contribution in [0.4, 0.5) is 5.13 Å². The maximum absolute atomic E-state index is 14.4. The van der Waals surface area contributed by atoms with Gasteiger partial charge in [0.15, 0.2) is 16.9 Å². The van der Waals surface area contributed by atoms with E-state index < -0.39 is 46.8 Å². The topological polar surface area (TPSA) is 172 Å². The molecule has 2 aliphatic heterocycles. The number of oxime groups is 1. The Balaban J connectivity index is 1.08. The lowest BCUT2D eigenvalue weighted by Crippen LogP contribution is -2.71. The Labute approximate surface area is 393 Å². The molecule has 5 aromatic carbocycles. The number of nitrogens with zero attached hydrogens (tertiary/aromatic N) is 4. The van der Waals surface area contributed by atoms with Gasteiger partial charge in [-0.3, -0.25) is 19.3 Å². The fourth-order valence-electron chi connectivity index (χ4n) is 7.75. The van der Waals surface area contributed by atoms with Gasteiger partial charge in [0, 0.05) is 29.4 Å². The van der Waals surface area contributed by atoms with Gasteiger partial charge >= 0.3 is 11.9 Å². The van der Waals surface area contributed by atoms with Gasteiger partial charge in [-0.15, -0.1) is 23.1 Å². The number of β-lactam (4-membered cyclic amide) rings is 1. The number of ether oxygens (including phenoxy) is 2. The predicted molar refractivity (Wildman–Crippen MR) is 255 cm³/mol. The molecule has 13 nitrogen and oxygen atoms in total. The van der Waals surface area contributed by atoms with Crippen LogP contribution in [-0.4, -0.2) is 75.5 Å². The van der Waals surface area contributed by atoms with E-state index in [2.05, 4.69) is 15.8 Å². The molecule has 0 spiro atoms. The average Bonchev–Trinajstić information content (AvgIpc) is 3.83. The first kappa shape index (κ1) is 45.4. The van der Waals surface area contributed by atoms with E-state index in [4.69, 9.17) is 24.6 Å². The van der Waals surface area contributed by atoms with Crippen molar-refractivity contribution < 1.29 is 33.5 Å². The van der Waals surface area contributed by atoms with Crippen LogP contribution in [0.15, 0.2) is 173 Å². The Morgan fingerprint density at radius 1 is 0.864 bits per heavy atom. The molecule has 0 aliphatic carbocycles. The Kier molecular flexibility index (Phi) is 14.6. The van der Waals surface area contributed by atoms with E-state index in [-0.39, 0.29) is 41.8 Å². The van der Waals surface area contributed by atoms with Crippen LogP contribution < -0.4 is 10.6 Å². The summed E-state index contributed by atoms with van der Waals surface area (Å²) in [4.78, 5) is 66.7. The monoisotopic (exact) mass is 934 g/mol. The third-order valence-electron chi connectivity index (χ3n) is 10.8. The Hall–Kier alpha value is -7.19. The summed E-state index contributed by atoms with van der Waals surface area (Å²) in [7, 11) is 0. The SMILES string of the molecule is CC(=O)OCC1=C(C(=O)OC(c2ccccc2)c2ccccc2)N2C(=O)C(NC(=O)C(=NOCCSC#N)c3csc(NC(c4ccccc4)(c4ccccc4)c4ccccc4)n3)[C@H]2SC1. The number of aromatic nitrogens is 1. The van der Waals surface area contributed by atoms with Crippen molar-refractivity contribution in [1.29, 1.82) is 5.26 Å². The summed E-state index contributed by atoms with van der Waals surface area (Å²) in [6.07, 6.45) is -0.816. The second-order valence-corrected chi connectivity index (χ2v) is 17.8. The number of esters is 2. The molecule has 2 aliphatic rings. The number of hydrogen-bond acceptors (Lipinski definition) is 14. The fourth-order valence-corrected chi connectivity index (χ4v) is 10.1. The van der Waals surface area contributed by atoms with E-state index in [0.717, 1.165) is 28.5 Å². The van der Waals surface area contributed by atoms with Crippen molar-refractivity contribution in [3.8, 4) is 5.40 Å². The summed E-state index contributed by atoms with van der Waals surface area (Å²) in [5.41, 5.74) is 3.69. The first-order valence-corrected chi connectivity index (χ1v) is 23.7. The first-order valence-electron chi connectivity index (χ1n) is 20.8. The van der Waals surface area contributed by atoms with E-state index >= 15 is 0 Å². The zero-order valence-electron chi connectivity index (χ0n) is 35.4. The van der Waals surface area contributed by atoms with Crippen molar-refractivity contribution in [2.75, 3.05) is 30.0 Å². The molecule has 332 valence electrons. The van der Waals surface area contributed by atoms with E-state index in [0.29, 0.717) is 21.8 Å². The van der Waals surface area contributed by atoms with Crippen molar-refractivity contribution >= 4 is 69.5 Å². The van der Waals surface area contributed by atoms with Crippen LogP contribution in [0.5, 0.6) is 0 Å². The molecule has 3 heterocycles. The van der Waals surface area contributed by atoms with Crippen LogP contribution in [0, 0.1) is 10.7 Å². The molecule has 8 rings (SSSR count). The summed E-state index contributed by atoms with van der Waals surface area (Å²) >= 11 is 3.54. The number of rotatable bonds is 18. The smallest absolute Gasteiger partial charge is 0.356 e. The highest BCUT2D eigenvalue weighted by Gasteiger charge is 2.55. The maximum Gasteiger partial charge on any atom is 0.356 e. The molecule has 0 bridgehead atoms. The molecule has 0 saturated carbocycles. The third kappa shape index (κ3) is 9.88. The summed E-state index contributed by atoms with van der Waals surface area (Å²) in [5, 5.41) is 23.2. The van der Waals surface area contributed by atoms with Gasteiger partial charge in [-0.05, 0) is 39.6 Å². The molecule has 2 N–H and O–H groups in total. The quantitative estimate of drug-likeness (QED) is 0.0162. The number of thiazole rings is 1. The Morgan fingerprint density at radius 3 is 1.94 bits per heavy atom. The highest BCUT2D eigenvalue weighted by atomic mass is 32.2. The van der Waals surface area contributed by atoms with E-state index in [1.54, 1.807) is 5.38 Å². The lowest BCUT2D eigenvalue weighted by molar-refractivity contribution is -0.154. The van der Waals surface area contributed by atoms with Crippen molar-refractivity contribution in [3.05, 3.63) is 202 Å². The highest BCUT2D eigenvalue weighted by molar-refractivity contribution is 8.03. The molecule has 66 heavy (non-hydrogen) atoms. The maximum atomic E-state index is 14.4. The molecule has 1 fully saturated rings. The van der Waals surface area contributed by atoms with Crippen LogP contribution in [-0.2, 0) is 39.0 Å². The number of amides is 2. The standard InChI is InChI=1S/C50H42N6O7S3/c1-33(57)61-29-36-30-65-47-42(46(59)56(47)43(36)48(60)63-44(34-17-7-2-8-18-34)35-19-9-3-10-20-35)53-45(58)41(55-62-27-28-64-32-51)40-31-66-49(52-40)54-50(37-21-11-4-12-22-37,38-23-13-5-14-24-38)39-25-15-6-16-26-39/h2-26,31,42,44,47H,27-30H2,1H3,(H,52,54)(H,53,58)/t42?,47-/m1/s1. The van der Waals surface area contributed by atoms with E-state index in [9.17, 15) is 19.2 Å². The number of carbonyl (C=O) groups excluding carboxylic acids is 4. The predicted octanol–water partition coefficient (Wildman–Crippen LogP) is 8.03. The fraction of sp³-hybridized carbons (Fsp3) is 0.180. The highest BCUT2D eigenvalue weighted by Crippen LogP contribution is 2.43. The number of hydrogen-bond donors (Lipinski definition) is 2. The first-order chi connectivity index (χ1) is 32.3. The molecule has 1 saturated heterocycles. The van der Waals surface area contributed by atoms with E-state index in [1.807, 2.05) is 157 Å². The number of anilines is 1. The zero-order chi connectivity index (χ0) is 45.9. The molecular formula is C50H42N6O7S3. The summed E-state index contributed by atoms with van der Waals surface area (Å²) in [6.45, 7) is 1.05. The molecule has 16 heteroatoms. The van der Waals surface area contributed by atoms with Gasteiger partial charge in [-0.1, -0.05) is 157 Å². The number of benzene rings is 5. The lowest BCUT2D eigenvalue weighted by atomic mass is 9.77. The molecule has 2 atom stereocenters. The second-order valence-electron chi connectivity index (χ2n) is 14.9. The summed E-state index contributed by atoms with van der Waals surface area (Å²) in [6, 6.07) is 47.4. The molecule has 2 amide bonds. The van der Waals surface area contributed by atoms with Crippen molar-refractivity contribution in [2.45, 2.75) is 30.0 Å². The minimum atomic E-state index is -1.09. The van der Waals surface area contributed by atoms with Gasteiger partial charge < -0.3 is 24.9 Å². The van der Waals surface area contributed by atoms with Crippen molar-refractivity contribution in [3.63, 3.8) is 0 Å². The molecule has 1 unspecified atom stereocenters. The van der Waals surface area contributed by atoms with E-state index in [1.165, 1.54) is 34.9 Å². The van der Waals surface area contributed by atoms with Crippen LogP contribution in [0.2, 0.25) is 0 Å². The van der Waals surface area contributed by atoms with Gasteiger partial charge in [0.1, 0.15) is 47.0 Å². The number of fused-ring (bicyclic) bond motifs is 1. The second kappa shape index (κ2) is 21.2. The van der Waals surface area contributed by atoms with Crippen LogP contribution in [0.1, 0.15) is 46.5 Å². The zero-order valence-corrected chi connectivity index (χ0v) is 37.9. The number of thiocyanates is 1. The van der Waals surface area contributed by atoms with Crippen LogP contribution in [0.3, 0.4) is 0 Å². The van der Waals surface area contributed by atoms with Gasteiger partial charge in [0.2, 0.25) is 0 Å². The Morgan fingerprint density at radius 2 is 1.41 bits per heavy atom. The van der Waals surface area contributed by atoms with Gasteiger partial charge in [-0.2, -0.15) is 5.26 Å².